The van der Waals surface area contributed by atoms with Crippen LogP contribution in [0.2, 0.25) is 0 Å². The molecule has 1 unspecified atom stereocenters. The summed E-state index contributed by atoms with van der Waals surface area (Å²) < 4.78 is 95.2. The van der Waals surface area contributed by atoms with Crippen molar-refractivity contribution in [2.24, 2.45) is 16.0 Å². The Bertz CT molecular complexity index is 1330. The molecule has 2 aromatic rings. The van der Waals surface area contributed by atoms with Crippen LogP contribution in [0.3, 0.4) is 0 Å². The smallest absolute Gasteiger partial charge is 0.320 e. The van der Waals surface area contributed by atoms with Crippen LogP contribution >= 0.6 is 0 Å². The van der Waals surface area contributed by atoms with Crippen molar-refractivity contribution in [2.45, 2.75) is 68.6 Å². The number of hydrogen-bond acceptors (Lipinski definition) is 5. The van der Waals surface area contributed by atoms with E-state index in [1.54, 1.807) is 6.92 Å². The number of halogens is 5. The summed E-state index contributed by atoms with van der Waals surface area (Å²) >= 11 is 0. The predicted octanol–water partition coefficient (Wildman–Crippen LogP) is 3.90. The summed E-state index contributed by atoms with van der Waals surface area (Å²) in [4.78, 5) is 16.8. The number of sulfonamides is 1. The Hall–Kier alpha value is -2.61. The Labute approximate surface area is 197 Å². The van der Waals surface area contributed by atoms with Gasteiger partial charge >= 0.3 is 6.18 Å². The highest BCUT2D eigenvalue weighted by Crippen LogP contribution is 2.78. The summed E-state index contributed by atoms with van der Waals surface area (Å²) in [5, 5.41) is 10.8. The molecule has 14 heteroatoms. The molecule has 3 fully saturated rings. The summed E-state index contributed by atoms with van der Waals surface area (Å²) in [7, 11) is -4.23. The van der Waals surface area contributed by atoms with Gasteiger partial charge in [0.25, 0.3) is 21.9 Å². The Morgan fingerprint density at radius 1 is 1.29 bits per heavy atom. The minimum absolute atomic E-state index is 0.150. The van der Waals surface area contributed by atoms with Crippen molar-refractivity contribution in [3.63, 3.8) is 0 Å². The molecular weight excluding hydrogens is 497 g/mol. The summed E-state index contributed by atoms with van der Waals surface area (Å²) in [6, 6.07) is 2.10. The molecule has 35 heavy (non-hydrogen) atoms. The van der Waals surface area contributed by atoms with Gasteiger partial charge in [0.15, 0.2) is 5.03 Å². The van der Waals surface area contributed by atoms with Crippen molar-refractivity contribution in [1.82, 2.24) is 14.8 Å². The maximum Gasteiger partial charge on any atom is 0.420 e. The van der Waals surface area contributed by atoms with Crippen molar-refractivity contribution in [2.75, 3.05) is 5.32 Å². The van der Waals surface area contributed by atoms with Crippen LogP contribution in [-0.2, 0) is 22.7 Å². The molecule has 1 spiro atoms. The Morgan fingerprint density at radius 3 is 2.46 bits per heavy atom. The molecule has 2 aromatic heterocycles. The van der Waals surface area contributed by atoms with Gasteiger partial charge in [-0.2, -0.15) is 18.3 Å². The normalized spacial score (nSPS) is 24.8. The zero-order valence-electron chi connectivity index (χ0n) is 18.5. The first kappa shape index (κ1) is 24.1. The van der Waals surface area contributed by atoms with Crippen LogP contribution in [-0.4, -0.2) is 35.0 Å². The Morgan fingerprint density at radius 2 is 1.94 bits per heavy atom. The predicted molar refractivity (Wildman–Crippen MR) is 112 cm³/mol. The molecule has 0 saturated heterocycles. The summed E-state index contributed by atoms with van der Waals surface area (Å²) in [5.74, 6) is -4.58. The second-order valence-corrected chi connectivity index (χ2v) is 11.5. The fourth-order valence-corrected chi connectivity index (χ4v) is 5.88. The molecule has 1 atom stereocenters. The van der Waals surface area contributed by atoms with Gasteiger partial charge in [0, 0.05) is 47.7 Å². The zero-order valence-corrected chi connectivity index (χ0v) is 19.3. The number of nitrogens with one attached hydrogen (secondary N) is 1. The summed E-state index contributed by atoms with van der Waals surface area (Å²) in [6.45, 7) is 1.31. The third-order valence-electron chi connectivity index (χ3n) is 7.44. The van der Waals surface area contributed by atoms with Crippen LogP contribution in [0.1, 0.15) is 66.7 Å². The van der Waals surface area contributed by atoms with Gasteiger partial charge in [0.2, 0.25) is 0 Å². The number of carbonyl (C=O) groups excluding carboxylic acids is 1. The van der Waals surface area contributed by atoms with Gasteiger partial charge in [0.1, 0.15) is 11.3 Å². The number of nitrogens with two attached hydrogens (primary N) is 1. The molecular formula is C21H22F5N5O3S. The van der Waals surface area contributed by atoms with E-state index in [1.165, 1.54) is 6.07 Å². The number of nitrogens with zero attached hydrogens (tertiary/aromatic N) is 3. The Balaban J connectivity index is 1.56. The standard InChI is InChI=1S/C21H22F5N5O3S/c1-18(9-20(22,23)19(18)5-6-19)10-31-16(14(21(24,25)26)15(30-31)11-2-3-11)17(32)29-12-4-7-28-13(8-12)35(27,33)34/h4,7-8,11H,2-3,5-6,9-10H2,1H3,(H2,27,33,34)(H,28,29,32). The monoisotopic (exact) mass is 519 g/mol. The van der Waals surface area contributed by atoms with Crippen LogP contribution < -0.4 is 10.5 Å². The van der Waals surface area contributed by atoms with Gasteiger partial charge in [-0.15, -0.1) is 0 Å². The first-order chi connectivity index (χ1) is 16.1. The van der Waals surface area contributed by atoms with Gasteiger partial charge < -0.3 is 5.32 Å². The quantitative estimate of drug-likeness (QED) is 0.561. The van der Waals surface area contributed by atoms with Crippen LogP contribution in [0, 0.1) is 10.8 Å². The molecule has 3 saturated carbocycles. The summed E-state index contributed by atoms with van der Waals surface area (Å²) in [6.07, 6.45) is -2.94. The lowest BCUT2D eigenvalue weighted by Gasteiger charge is -2.54. The second kappa shape index (κ2) is 7.21. The number of aromatic nitrogens is 3. The van der Waals surface area contributed by atoms with E-state index in [1.807, 2.05) is 0 Å². The molecule has 3 aliphatic rings. The minimum Gasteiger partial charge on any atom is -0.320 e. The third-order valence-corrected chi connectivity index (χ3v) is 8.25. The van der Waals surface area contributed by atoms with Crippen molar-refractivity contribution < 1.29 is 35.2 Å². The number of anilines is 1. The molecule has 1 amide bonds. The lowest BCUT2D eigenvalue weighted by atomic mass is 9.55. The zero-order chi connectivity index (χ0) is 25.6. The van der Waals surface area contributed by atoms with Crippen LogP contribution in [0.15, 0.2) is 23.4 Å². The maximum absolute atomic E-state index is 14.3. The molecule has 190 valence electrons. The van der Waals surface area contributed by atoms with E-state index in [4.69, 9.17) is 5.14 Å². The third kappa shape index (κ3) is 3.81. The van der Waals surface area contributed by atoms with Gasteiger partial charge in [-0.3, -0.25) is 9.48 Å². The molecule has 3 aliphatic carbocycles. The van der Waals surface area contributed by atoms with Crippen molar-refractivity contribution in [1.29, 1.82) is 0 Å². The summed E-state index contributed by atoms with van der Waals surface area (Å²) in [5.41, 5.74) is -4.74. The molecule has 3 N–H and O–H groups in total. The van der Waals surface area contributed by atoms with Crippen LogP contribution in [0.25, 0.3) is 0 Å². The van der Waals surface area contributed by atoms with Crippen molar-refractivity contribution >= 4 is 21.6 Å². The average Bonchev–Trinajstić information content (AvgIpc) is 3.62. The molecule has 5 rings (SSSR count). The highest BCUT2D eigenvalue weighted by atomic mass is 32.2. The number of carbonyl (C=O) groups is 1. The lowest BCUT2D eigenvalue weighted by Crippen LogP contribution is -2.59. The number of amides is 1. The van der Waals surface area contributed by atoms with E-state index in [0.717, 1.165) is 16.9 Å². The number of pyridine rings is 1. The van der Waals surface area contributed by atoms with E-state index >= 15 is 0 Å². The van der Waals surface area contributed by atoms with Crippen LogP contribution in [0.4, 0.5) is 27.6 Å². The lowest BCUT2D eigenvalue weighted by molar-refractivity contribution is -0.243. The van der Waals surface area contributed by atoms with Gasteiger partial charge in [0.05, 0.1) is 5.69 Å². The van der Waals surface area contributed by atoms with Gasteiger partial charge in [-0.25, -0.2) is 27.3 Å². The molecule has 0 radical (unpaired) electrons. The van der Waals surface area contributed by atoms with E-state index in [0.29, 0.717) is 12.8 Å². The fraction of sp³-hybridized carbons (Fsp3) is 0.571. The molecule has 2 heterocycles. The average molecular weight is 519 g/mol. The molecule has 0 aliphatic heterocycles. The molecule has 8 nitrogen and oxygen atoms in total. The van der Waals surface area contributed by atoms with Crippen molar-refractivity contribution in [3.8, 4) is 0 Å². The van der Waals surface area contributed by atoms with Gasteiger partial charge in [-0.1, -0.05) is 6.92 Å². The Kier molecular flexibility index (Phi) is 4.97. The molecule has 0 bridgehead atoms. The van der Waals surface area contributed by atoms with Gasteiger partial charge in [-0.05, 0) is 31.7 Å². The van der Waals surface area contributed by atoms with Crippen LogP contribution in [0.5, 0.6) is 0 Å². The maximum atomic E-state index is 14.3. The second-order valence-electron chi connectivity index (χ2n) is 9.94. The van der Waals surface area contributed by atoms with E-state index in [2.05, 4.69) is 15.4 Å². The first-order valence-electron chi connectivity index (χ1n) is 10.9. The molecule has 0 aromatic carbocycles. The number of primary sulfonamides is 1. The van der Waals surface area contributed by atoms with E-state index in [9.17, 15) is 35.2 Å². The number of hydrogen-bond donors (Lipinski definition) is 2. The fourth-order valence-electron chi connectivity index (χ4n) is 5.38. The van der Waals surface area contributed by atoms with Crippen molar-refractivity contribution in [3.05, 3.63) is 35.3 Å². The largest absolute Gasteiger partial charge is 0.420 e. The highest BCUT2D eigenvalue weighted by Gasteiger charge is 2.80. The number of alkyl halides is 5. The number of rotatable bonds is 6. The van der Waals surface area contributed by atoms with E-state index < -0.39 is 67.5 Å². The highest BCUT2D eigenvalue weighted by molar-refractivity contribution is 7.89. The SMILES string of the molecule is CC1(Cn2nc(C3CC3)c(C(F)(F)F)c2C(=O)Nc2ccnc(S(N)(=O)=O)c2)CC(F)(F)C12CC2. The van der Waals surface area contributed by atoms with E-state index in [-0.39, 0.29) is 30.8 Å². The topological polar surface area (TPSA) is 120 Å². The first-order valence-corrected chi connectivity index (χ1v) is 12.5. The minimum atomic E-state index is -4.92.